The van der Waals surface area contributed by atoms with Gasteiger partial charge in [-0.05, 0) is 19.8 Å². The van der Waals surface area contributed by atoms with Gasteiger partial charge in [0.05, 0.1) is 24.1 Å². The average molecular weight is 286 g/mol. The lowest BCUT2D eigenvalue weighted by atomic mass is 10.2. The molecule has 1 aromatic heterocycles. The molecule has 1 heterocycles. The first-order valence-electron chi connectivity index (χ1n) is 5.32. The Morgan fingerprint density at radius 1 is 1.38 bits per heavy atom. The highest BCUT2D eigenvalue weighted by Gasteiger charge is 2.01. The van der Waals surface area contributed by atoms with Crippen LogP contribution in [-0.4, -0.2) is 21.2 Å². The van der Waals surface area contributed by atoms with E-state index in [-0.39, 0.29) is 5.91 Å². The zero-order valence-electron chi connectivity index (χ0n) is 9.37. The van der Waals surface area contributed by atoms with E-state index >= 15 is 0 Å². The van der Waals surface area contributed by atoms with E-state index in [2.05, 4.69) is 31.2 Å². The van der Waals surface area contributed by atoms with Crippen LogP contribution in [0.2, 0.25) is 0 Å². The molecule has 0 unspecified atom stereocenters. The van der Waals surface area contributed by atoms with Crippen molar-refractivity contribution in [1.82, 2.24) is 15.3 Å². The predicted molar refractivity (Wildman–Crippen MR) is 66.3 cm³/mol. The van der Waals surface area contributed by atoms with E-state index in [0.717, 1.165) is 29.6 Å². The highest BCUT2D eigenvalue weighted by molar-refractivity contribution is 9.09. The van der Waals surface area contributed by atoms with Crippen molar-refractivity contribution in [2.45, 2.75) is 32.7 Å². The van der Waals surface area contributed by atoms with Crippen LogP contribution in [0.3, 0.4) is 0 Å². The number of aryl methyl sites for hydroxylation is 1. The molecule has 0 fully saturated rings. The molecule has 88 valence electrons. The van der Waals surface area contributed by atoms with Crippen LogP contribution in [-0.2, 0) is 11.3 Å². The molecular formula is C11H16BrN3O. The van der Waals surface area contributed by atoms with Gasteiger partial charge in [0, 0.05) is 17.9 Å². The van der Waals surface area contributed by atoms with E-state index < -0.39 is 0 Å². The number of aromatic nitrogens is 2. The summed E-state index contributed by atoms with van der Waals surface area (Å²) < 4.78 is 0. The number of halogens is 1. The van der Waals surface area contributed by atoms with Gasteiger partial charge < -0.3 is 5.32 Å². The molecular weight excluding hydrogens is 270 g/mol. The van der Waals surface area contributed by atoms with Crippen LogP contribution >= 0.6 is 15.9 Å². The molecule has 1 amide bonds. The van der Waals surface area contributed by atoms with Gasteiger partial charge in [-0.2, -0.15) is 0 Å². The molecule has 0 bridgehead atoms. The Hall–Kier alpha value is -0.970. The average Bonchev–Trinajstić information content (AvgIpc) is 2.29. The minimum atomic E-state index is 0.0725. The van der Waals surface area contributed by atoms with E-state index in [1.54, 1.807) is 12.4 Å². The fraction of sp³-hybridized carbons (Fsp3) is 0.545. The third kappa shape index (κ3) is 5.21. The van der Waals surface area contributed by atoms with Gasteiger partial charge in [0.1, 0.15) is 0 Å². The SMILES string of the molecule is Cc1cnc(CNC(=O)CCCCBr)cn1. The highest BCUT2D eigenvalue weighted by Crippen LogP contribution is 1.99. The van der Waals surface area contributed by atoms with Gasteiger partial charge in [0.2, 0.25) is 5.91 Å². The first kappa shape index (κ1) is 13.1. The maximum Gasteiger partial charge on any atom is 0.220 e. The molecule has 0 aromatic carbocycles. The van der Waals surface area contributed by atoms with Crippen molar-refractivity contribution in [3.8, 4) is 0 Å². The molecule has 0 atom stereocenters. The Labute approximate surface area is 104 Å². The van der Waals surface area contributed by atoms with Gasteiger partial charge in [0.15, 0.2) is 0 Å². The van der Waals surface area contributed by atoms with Crippen LogP contribution < -0.4 is 5.32 Å². The molecule has 16 heavy (non-hydrogen) atoms. The summed E-state index contributed by atoms with van der Waals surface area (Å²) in [6.45, 7) is 2.34. The summed E-state index contributed by atoms with van der Waals surface area (Å²) in [5.41, 5.74) is 1.67. The van der Waals surface area contributed by atoms with E-state index in [9.17, 15) is 4.79 Å². The van der Waals surface area contributed by atoms with E-state index in [1.807, 2.05) is 6.92 Å². The van der Waals surface area contributed by atoms with Crippen LogP contribution in [0.15, 0.2) is 12.4 Å². The van der Waals surface area contributed by atoms with Crippen LogP contribution in [0.5, 0.6) is 0 Å². The number of rotatable bonds is 6. The number of hydrogen-bond donors (Lipinski definition) is 1. The third-order valence-corrected chi connectivity index (χ3v) is 2.65. The highest BCUT2D eigenvalue weighted by atomic mass is 79.9. The van der Waals surface area contributed by atoms with Crippen molar-refractivity contribution >= 4 is 21.8 Å². The lowest BCUT2D eigenvalue weighted by Crippen LogP contribution is -2.23. The molecule has 0 saturated carbocycles. The molecule has 5 heteroatoms. The molecule has 0 aliphatic carbocycles. The molecule has 0 aliphatic rings. The number of carbonyl (C=O) groups excluding carboxylic acids is 1. The quantitative estimate of drug-likeness (QED) is 0.642. The minimum Gasteiger partial charge on any atom is -0.350 e. The van der Waals surface area contributed by atoms with Crippen LogP contribution in [0, 0.1) is 6.92 Å². The maximum atomic E-state index is 11.4. The molecule has 0 aliphatic heterocycles. The lowest BCUT2D eigenvalue weighted by Gasteiger charge is -2.04. The predicted octanol–water partition coefficient (Wildman–Crippen LogP) is 1.97. The molecule has 0 spiro atoms. The summed E-state index contributed by atoms with van der Waals surface area (Å²) in [6.07, 6.45) is 5.90. The Bertz CT molecular complexity index is 327. The molecule has 4 nitrogen and oxygen atoms in total. The van der Waals surface area contributed by atoms with Gasteiger partial charge in [-0.1, -0.05) is 15.9 Å². The standard InChI is InChI=1S/C11H16BrN3O/c1-9-6-14-10(7-13-9)8-15-11(16)4-2-3-5-12/h6-7H,2-5,8H2,1H3,(H,15,16). The van der Waals surface area contributed by atoms with Gasteiger partial charge in [-0.3, -0.25) is 14.8 Å². The largest absolute Gasteiger partial charge is 0.350 e. The molecule has 1 rings (SSSR count). The summed E-state index contributed by atoms with van der Waals surface area (Å²) in [7, 11) is 0. The van der Waals surface area contributed by atoms with Gasteiger partial charge in [0.25, 0.3) is 0 Å². The fourth-order valence-electron chi connectivity index (χ4n) is 1.17. The van der Waals surface area contributed by atoms with Crippen molar-refractivity contribution in [3.05, 3.63) is 23.8 Å². The number of hydrogen-bond acceptors (Lipinski definition) is 3. The second kappa shape index (κ2) is 7.33. The van der Waals surface area contributed by atoms with Crippen LogP contribution in [0.4, 0.5) is 0 Å². The number of nitrogens with one attached hydrogen (secondary N) is 1. The van der Waals surface area contributed by atoms with Gasteiger partial charge >= 0.3 is 0 Å². The van der Waals surface area contributed by atoms with Crippen LogP contribution in [0.25, 0.3) is 0 Å². The normalized spacial score (nSPS) is 10.1. The van der Waals surface area contributed by atoms with Gasteiger partial charge in [-0.25, -0.2) is 0 Å². The Morgan fingerprint density at radius 2 is 2.19 bits per heavy atom. The number of nitrogens with zero attached hydrogens (tertiary/aromatic N) is 2. The summed E-state index contributed by atoms with van der Waals surface area (Å²) >= 11 is 3.33. The van der Waals surface area contributed by atoms with Crippen molar-refractivity contribution in [3.63, 3.8) is 0 Å². The maximum absolute atomic E-state index is 11.4. The first-order valence-corrected chi connectivity index (χ1v) is 6.44. The summed E-state index contributed by atoms with van der Waals surface area (Å²) in [5.74, 6) is 0.0725. The third-order valence-electron chi connectivity index (χ3n) is 2.09. The number of carbonyl (C=O) groups is 1. The lowest BCUT2D eigenvalue weighted by molar-refractivity contribution is -0.121. The second-order valence-corrected chi connectivity index (χ2v) is 4.36. The van der Waals surface area contributed by atoms with Crippen molar-refractivity contribution in [2.24, 2.45) is 0 Å². The monoisotopic (exact) mass is 285 g/mol. The number of unbranched alkanes of at least 4 members (excludes halogenated alkanes) is 1. The van der Waals surface area contributed by atoms with E-state index in [0.29, 0.717) is 13.0 Å². The first-order chi connectivity index (χ1) is 7.72. The zero-order valence-corrected chi connectivity index (χ0v) is 11.0. The van der Waals surface area contributed by atoms with E-state index in [1.165, 1.54) is 0 Å². The van der Waals surface area contributed by atoms with Gasteiger partial charge in [-0.15, -0.1) is 0 Å². The Balaban J connectivity index is 2.23. The van der Waals surface area contributed by atoms with Crippen molar-refractivity contribution < 1.29 is 4.79 Å². The summed E-state index contributed by atoms with van der Waals surface area (Å²) in [4.78, 5) is 19.7. The Kier molecular flexibility index (Phi) is 6.00. The summed E-state index contributed by atoms with van der Waals surface area (Å²) in [6, 6.07) is 0. The fourth-order valence-corrected chi connectivity index (χ4v) is 1.56. The molecule has 0 radical (unpaired) electrons. The van der Waals surface area contributed by atoms with E-state index in [4.69, 9.17) is 0 Å². The summed E-state index contributed by atoms with van der Waals surface area (Å²) in [5, 5.41) is 3.77. The topological polar surface area (TPSA) is 54.9 Å². The molecule has 0 saturated heterocycles. The van der Waals surface area contributed by atoms with Crippen LogP contribution in [0.1, 0.15) is 30.7 Å². The number of amides is 1. The number of alkyl halides is 1. The smallest absolute Gasteiger partial charge is 0.220 e. The molecule has 1 N–H and O–H groups in total. The van der Waals surface area contributed by atoms with Crippen molar-refractivity contribution in [2.75, 3.05) is 5.33 Å². The zero-order chi connectivity index (χ0) is 11.8. The Morgan fingerprint density at radius 3 is 2.81 bits per heavy atom. The second-order valence-electron chi connectivity index (χ2n) is 3.57. The van der Waals surface area contributed by atoms with Crippen molar-refractivity contribution in [1.29, 1.82) is 0 Å². The minimum absolute atomic E-state index is 0.0725. The molecule has 1 aromatic rings.